The van der Waals surface area contributed by atoms with E-state index in [4.69, 9.17) is 15.2 Å². The van der Waals surface area contributed by atoms with E-state index in [9.17, 15) is 9.18 Å². The molecule has 0 saturated heterocycles. The number of nitrogens with zero attached hydrogens (tertiary/aromatic N) is 2. The zero-order valence-corrected chi connectivity index (χ0v) is 15.2. The second-order valence-electron chi connectivity index (χ2n) is 5.67. The number of aromatic nitrogens is 1. The van der Waals surface area contributed by atoms with Crippen LogP contribution in [0.25, 0.3) is 0 Å². The van der Waals surface area contributed by atoms with E-state index in [1.54, 1.807) is 36.4 Å². The third kappa shape index (κ3) is 4.17. The van der Waals surface area contributed by atoms with Gasteiger partial charge in [0, 0.05) is 22.4 Å². The van der Waals surface area contributed by atoms with Gasteiger partial charge in [-0.1, -0.05) is 12.1 Å². The highest BCUT2D eigenvalue weighted by molar-refractivity contribution is 9.10. The third-order valence-corrected chi connectivity index (χ3v) is 4.18. The number of carbonyl (C=O) groups excluding carboxylic acids is 1. The van der Waals surface area contributed by atoms with Crippen molar-refractivity contribution in [1.82, 2.24) is 4.98 Å². The van der Waals surface area contributed by atoms with Gasteiger partial charge < -0.3 is 15.2 Å². The van der Waals surface area contributed by atoms with Crippen LogP contribution in [-0.2, 0) is 10.3 Å². The molecule has 0 fully saturated rings. The van der Waals surface area contributed by atoms with Crippen molar-refractivity contribution in [3.05, 3.63) is 52.6 Å². The predicted molar refractivity (Wildman–Crippen MR) is 98.1 cm³/mol. The summed E-state index contributed by atoms with van der Waals surface area (Å²) in [5.41, 5.74) is 5.46. The molecule has 0 aliphatic carbocycles. The van der Waals surface area contributed by atoms with Crippen LogP contribution < -0.4 is 15.8 Å². The molecule has 2 aromatic rings. The number of pyridine rings is 1. The second kappa shape index (κ2) is 7.79. The Morgan fingerprint density at radius 3 is 2.96 bits per heavy atom. The lowest BCUT2D eigenvalue weighted by Crippen LogP contribution is -2.41. The molecule has 1 aromatic heterocycles. The summed E-state index contributed by atoms with van der Waals surface area (Å²) in [6, 6.07) is 9.91. The summed E-state index contributed by atoms with van der Waals surface area (Å²) in [6.45, 7) is -0.530. The highest BCUT2D eigenvalue weighted by atomic mass is 79.9. The summed E-state index contributed by atoms with van der Waals surface area (Å²) < 4.78 is 24.9. The Morgan fingerprint density at radius 2 is 2.27 bits per heavy atom. The maximum absolute atomic E-state index is 13.7. The van der Waals surface area contributed by atoms with E-state index in [0.717, 1.165) is 4.47 Å². The van der Waals surface area contributed by atoms with Crippen molar-refractivity contribution >= 4 is 33.5 Å². The normalized spacial score (nSPS) is 19.5. The third-order valence-electron chi connectivity index (χ3n) is 3.71. The zero-order chi connectivity index (χ0) is 18.6. The summed E-state index contributed by atoms with van der Waals surface area (Å²) >= 11 is 3.25. The molecule has 0 saturated carbocycles. The van der Waals surface area contributed by atoms with Crippen molar-refractivity contribution in [3.8, 4) is 5.88 Å². The summed E-state index contributed by atoms with van der Waals surface area (Å²) in [6.07, 6.45) is 0.800. The highest BCUT2D eigenvalue weighted by Crippen LogP contribution is 2.31. The van der Waals surface area contributed by atoms with E-state index < -0.39 is 18.3 Å². The van der Waals surface area contributed by atoms with Gasteiger partial charge in [-0.3, -0.25) is 10.3 Å². The molecular weight excluding hydrogens is 407 g/mol. The number of anilines is 1. The van der Waals surface area contributed by atoms with Crippen LogP contribution >= 0.6 is 15.9 Å². The van der Waals surface area contributed by atoms with Gasteiger partial charge in [0.1, 0.15) is 24.7 Å². The number of amidine groups is 1. The van der Waals surface area contributed by atoms with Crippen LogP contribution in [0.4, 0.5) is 14.9 Å². The first kappa shape index (κ1) is 18.3. The Hall–Kier alpha value is -2.52. The Labute approximate surface area is 157 Å². The number of aliphatic imine (C=N–C) groups is 1. The number of carbonyl (C=O) groups is 1. The fourth-order valence-electron chi connectivity index (χ4n) is 2.50. The second-order valence-corrected chi connectivity index (χ2v) is 6.59. The van der Waals surface area contributed by atoms with Gasteiger partial charge in [0.05, 0.1) is 6.61 Å². The van der Waals surface area contributed by atoms with Gasteiger partial charge >= 0.3 is 6.09 Å². The molecule has 1 aliphatic rings. The van der Waals surface area contributed by atoms with Gasteiger partial charge in [-0.25, -0.2) is 14.2 Å². The first-order valence-corrected chi connectivity index (χ1v) is 8.49. The smallest absolute Gasteiger partial charge is 0.391 e. The van der Waals surface area contributed by atoms with E-state index in [2.05, 4.69) is 31.2 Å². The predicted octanol–water partition coefficient (Wildman–Crippen LogP) is 3.01. The molecule has 1 aromatic carbocycles. The average molecular weight is 423 g/mol. The van der Waals surface area contributed by atoms with Crippen molar-refractivity contribution in [3.63, 3.8) is 0 Å². The molecule has 3 rings (SSSR count). The fraction of sp³-hybridized carbons (Fsp3) is 0.235. The van der Waals surface area contributed by atoms with Crippen LogP contribution in [0, 0.1) is 0 Å². The van der Waals surface area contributed by atoms with Gasteiger partial charge in [-0.2, -0.15) is 0 Å². The minimum atomic E-state index is -1.21. The molecular formula is C17H16BrFN4O3. The van der Waals surface area contributed by atoms with E-state index in [1.807, 2.05) is 0 Å². The Bertz CT molecular complexity index is 831. The first-order chi connectivity index (χ1) is 12.5. The number of rotatable bonds is 4. The SMILES string of the molecule is NC1=NC(CF)(c2cccc(NC(=O)Oc3ccc(Br)cn3)c2)COC1. The number of amides is 1. The molecule has 1 amide bonds. The van der Waals surface area contributed by atoms with Gasteiger partial charge in [-0.05, 0) is 39.7 Å². The van der Waals surface area contributed by atoms with Gasteiger partial charge in [-0.15, -0.1) is 0 Å². The summed E-state index contributed by atoms with van der Waals surface area (Å²) in [5, 5.41) is 2.58. The van der Waals surface area contributed by atoms with Crippen LogP contribution in [0.5, 0.6) is 5.88 Å². The lowest BCUT2D eigenvalue weighted by Gasteiger charge is -2.31. The Balaban J connectivity index is 1.75. The van der Waals surface area contributed by atoms with Crippen molar-refractivity contribution in [1.29, 1.82) is 0 Å². The largest absolute Gasteiger partial charge is 0.418 e. The van der Waals surface area contributed by atoms with E-state index in [0.29, 0.717) is 11.3 Å². The summed E-state index contributed by atoms with van der Waals surface area (Å²) in [4.78, 5) is 20.2. The van der Waals surface area contributed by atoms with Crippen molar-refractivity contribution in [2.45, 2.75) is 5.54 Å². The summed E-state index contributed by atoms with van der Waals surface area (Å²) in [7, 11) is 0. The van der Waals surface area contributed by atoms with Crippen LogP contribution in [0.15, 0.2) is 52.1 Å². The lowest BCUT2D eigenvalue weighted by molar-refractivity contribution is 0.0828. The molecule has 2 heterocycles. The Morgan fingerprint density at radius 1 is 1.42 bits per heavy atom. The molecule has 7 nitrogen and oxygen atoms in total. The molecule has 3 N–H and O–H groups in total. The number of benzene rings is 1. The number of ether oxygens (including phenoxy) is 2. The first-order valence-electron chi connectivity index (χ1n) is 7.70. The molecule has 1 atom stereocenters. The number of halogens is 2. The number of alkyl halides is 1. The molecule has 0 bridgehead atoms. The highest BCUT2D eigenvalue weighted by Gasteiger charge is 2.35. The maximum atomic E-state index is 13.7. The number of hydrogen-bond donors (Lipinski definition) is 2. The van der Waals surface area contributed by atoms with Crippen LogP contribution in [0.1, 0.15) is 5.56 Å². The average Bonchev–Trinajstić information content (AvgIpc) is 2.63. The van der Waals surface area contributed by atoms with Crippen LogP contribution in [-0.4, -0.2) is 36.8 Å². The van der Waals surface area contributed by atoms with Crippen molar-refractivity contribution < 1.29 is 18.7 Å². The lowest BCUT2D eigenvalue weighted by atomic mass is 9.91. The van der Waals surface area contributed by atoms with E-state index >= 15 is 0 Å². The maximum Gasteiger partial charge on any atom is 0.418 e. The standard InChI is InChI=1S/C17H16BrFN4O3/c18-12-4-5-15(21-7-12)26-16(24)22-13-3-1-2-11(6-13)17(9-19)10-25-8-14(20)23-17/h1-7H,8-10H2,(H2,20,23)(H,22,24). The van der Waals surface area contributed by atoms with Gasteiger partial charge in [0.25, 0.3) is 0 Å². The number of hydrogen-bond acceptors (Lipinski definition) is 6. The van der Waals surface area contributed by atoms with Crippen molar-refractivity contribution in [2.75, 3.05) is 25.2 Å². The topological polar surface area (TPSA) is 98.8 Å². The van der Waals surface area contributed by atoms with Gasteiger partial charge in [0.2, 0.25) is 5.88 Å². The molecule has 136 valence electrons. The van der Waals surface area contributed by atoms with Crippen LogP contribution in [0.3, 0.4) is 0 Å². The minimum Gasteiger partial charge on any atom is -0.391 e. The van der Waals surface area contributed by atoms with E-state index in [-0.39, 0.29) is 24.9 Å². The summed E-state index contributed by atoms with van der Waals surface area (Å²) in [5.74, 6) is 0.383. The number of nitrogens with one attached hydrogen (secondary N) is 1. The van der Waals surface area contributed by atoms with E-state index in [1.165, 1.54) is 6.20 Å². The minimum absolute atomic E-state index is 0.0704. The number of nitrogens with two attached hydrogens (primary N) is 1. The van der Waals surface area contributed by atoms with Crippen LogP contribution in [0.2, 0.25) is 0 Å². The van der Waals surface area contributed by atoms with Gasteiger partial charge in [0.15, 0.2) is 0 Å². The monoisotopic (exact) mass is 422 g/mol. The van der Waals surface area contributed by atoms with Crippen molar-refractivity contribution in [2.24, 2.45) is 10.7 Å². The quantitative estimate of drug-likeness (QED) is 0.788. The molecule has 1 aliphatic heterocycles. The zero-order valence-electron chi connectivity index (χ0n) is 13.6. The molecule has 0 radical (unpaired) electrons. The molecule has 0 spiro atoms. The Kier molecular flexibility index (Phi) is 5.48. The molecule has 1 unspecified atom stereocenters. The molecule has 26 heavy (non-hydrogen) atoms. The fourth-order valence-corrected chi connectivity index (χ4v) is 2.74. The molecule has 9 heteroatoms.